The fourth-order valence-corrected chi connectivity index (χ4v) is 4.31. The Bertz CT molecular complexity index is 1310. The quantitative estimate of drug-likeness (QED) is 0.197. The van der Waals surface area contributed by atoms with Crippen molar-refractivity contribution in [2.24, 2.45) is 0 Å². The van der Waals surface area contributed by atoms with Gasteiger partial charge in [-0.05, 0) is 73.4 Å². The number of carbonyl (C=O) groups excluding carboxylic acids is 2. The van der Waals surface area contributed by atoms with Crippen LogP contribution in [0.5, 0.6) is 0 Å². The van der Waals surface area contributed by atoms with E-state index in [4.69, 9.17) is 9.15 Å². The molecule has 1 aromatic heterocycles. The molecule has 9 nitrogen and oxygen atoms in total. The van der Waals surface area contributed by atoms with Gasteiger partial charge in [0.15, 0.2) is 0 Å². The van der Waals surface area contributed by atoms with E-state index in [9.17, 15) is 24.1 Å². The van der Waals surface area contributed by atoms with Crippen molar-refractivity contribution in [3.05, 3.63) is 105 Å². The Balaban J connectivity index is 1.51. The van der Waals surface area contributed by atoms with E-state index >= 15 is 0 Å². The molecule has 0 spiro atoms. The van der Waals surface area contributed by atoms with Gasteiger partial charge in [-0.25, -0.2) is 4.39 Å². The van der Waals surface area contributed by atoms with Gasteiger partial charge in [-0.1, -0.05) is 12.1 Å². The van der Waals surface area contributed by atoms with Crippen LogP contribution in [0.15, 0.2) is 71.2 Å². The highest BCUT2D eigenvalue weighted by molar-refractivity contribution is 5.94. The first-order valence-corrected chi connectivity index (χ1v) is 12.7. The maximum Gasteiger partial charge on any atom is 0.269 e. The van der Waals surface area contributed by atoms with Gasteiger partial charge >= 0.3 is 0 Å². The molecule has 1 atom stereocenters. The zero-order valence-corrected chi connectivity index (χ0v) is 21.6. The van der Waals surface area contributed by atoms with Gasteiger partial charge in [0.2, 0.25) is 11.8 Å². The molecule has 2 heterocycles. The van der Waals surface area contributed by atoms with Gasteiger partial charge in [0.05, 0.1) is 17.6 Å². The molecule has 204 valence electrons. The Kier molecular flexibility index (Phi) is 9.22. The van der Waals surface area contributed by atoms with Crippen LogP contribution in [-0.4, -0.2) is 52.3 Å². The molecule has 1 fully saturated rings. The number of aryl methyl sites for hydroxylation is 1. The summed E-state index contributed by atoms with van der Waals surface area (Å²) in [6.45, 7) is 2.87. The predicted molar refractivity (Wildman–Crippen MR) is 142 cm³/mol. The van der Waals surface area contributed by atoms with Crippen molar-refractivity contribution >= 4 is 23.6 Å². The van der Waals surface area contributed by atoms with E-state index < -0.39 is 4.92 Å². The van der Waals surface area contributed by atoms with Gasteiger partial charge in [0, 0.05) is 37.9 Å². The Morgan fingerprint density at radius 1 is 1.05 bits per heavy atom. The van der Waals surface area contributed by atoms with Crippen LogP contribution in [0.25, 0.3) is 6.08 Å². The molecule has 4 rings (SSSR count). The summed E-state index contributed by atoms with van der Waals surface area (Å²) in [7, 11) is 0. The summed E-state index contributed by atoms with van der Waals surface area (Å²) >= 11 is 0. The summed E-state index contributed by atoms with van der Waals surface area (Å²) < 4.78 is 24.9. The van der Waals surface area contributed by atoms with Crippen LogP contribution in [-0.2, 0) is 27.4 Å². The predicted octanol–water partition coefficient (Wildman–Crippen LogP) is 4.89. The van der Waals surface area contributed by atoms with E-state index in [2.05, 4.69) is 0 Å². The number of furan rings is 1. The summed E-state index contributed by atoms with van der Waals surface area (Å²) in [5.74, 6) is 0.256. The van der Waals surface area contributed by atoms with Crippen LogP contribution in [0, 0.1) is 22.9 Å². The lowest BCUT2D eigenvalue weighted by Crippen LogP contribution is -2.44. The topological polar surface area (TPSA) is 106 Å². The number of nitro groups is 1. The second kappa shape index (κ2) is 13.0. The van der Waals surface area contributed by atoms with E-state index in [0.717, 1.165) is 18.4 Å². The largest absolute Gasteiger partial charge is 0.464 e. The third-order valence-electron chi connectivity index (χ3n) is 6.39. The fourth-order valence-electron chi connectivity index (χ4n) is 4.31. The summed E-state index contributed by atoms with van der Waals surface area (Å²) in [4.78, 5) is 40.2. The molecule has 2 aromatic carbocycles. The number of rotatable bonds is 11. The van der Waals surface area contributed by atoms with Crippen LogP contribution in [0.1, 0.15) is 35.5 Å². The Hall–Kier alpha value is -4.31. The van der Waals surface area contributed by atoms with Gasteiger partial charge in [-0.2, -0.15) is 0 Å². The number of carbonyl (C=O) groups is 2. The molecule has 1 unspecified atom stereocenters. The number of ether oxygens (including phenoxy) is 1. The van der Waals surface area contributed by atoms with Gasteiger partial charge < -0.3 is 19.0 Å². The highest BCUT2D eigenvalue weighted by atomic mass is 19.1. The van der Waals surface area contributed by atoms with Crippen molar-refractivity contribution in [2.75, 3.05) is 19.7 Å². The maximum atomic E-state index is 13.6. The Morgan fingerprint density at radius 2 is 1.79 bits per heavy atom. The van der Waals surface area contributed by atoms with Gasteiger partial charge in [-0.15, -0.1) is 0 Å². The van der Waals surface area contributed by atoms with E-state index in [-0.39, 0.29) is 55.6 Å². The molecule has 1 aliphatic rings. The third-order valence-corrected chi connectivity index (χ3v) is 6.39. The van der Waals surface area contributed by atoms with Gasteiger partial charge in [0.25, 0.3) is 5.69 Å². The first kappa shape index (κ1) is 27.7. The van der Waals surface area contributed by atoms with E-state index in [1.165, 1.54) is 35.2 Å². The SMILES string of the molecule is Cc1ccc(CN(Cc2ccc(F)cc2)C(=O)CN(CC2CCCO2)C(=O)/C=C/c2ccc([N+](=O)[O-])cc2)o1. The summed E-state index contributed by atoms with van der Waals surface area (Å²) in [5.41, 5.74) is 1.31. The van der Waals surface area contributed by atoms with Gasteiger partial charge in [0.1, 0.15) is 23.9 Å². The molecule has 2 amide bonds. The maximum absolute atomic E-state index is 13.6. The van der Waals surface area contributed by atoms with Crippen LogP contribution >= 0.6 is 0 Å². The molecule has 39 heavy (non-hydrogen) atoms. The number of nitrogens with zero attached hydrogens (tertiary/aromatic N) is 3. The number of hydrogen-bond donors (Lipinski definition) is 0. The highest BCUT2D eigenvalue weighted by Gasteiger charge is 2.26. The summed E-state index contributed by atoms with van der Waals surface area (Å²) in [6, 6.07) is 15.3. The van der Waals surface area contributed by atoms with Gasteiger partial charge in [-0.3, -0.25) is 19.7 Å². The Morgan fingerprint density at radius 3 is 2.41 bits per heavy atom. The fraction of sp³-hybridized carbons (Fsp3) is 0.310. The van der Waals surface area contributed by atoms with Crippen molar-refractivity contribution in [1.82, 2.24) is 9.80 Å². The average Bonchev–Trinajstić information content (AvgIpc) is 3.59. The molecular formula is C29H30FN3O6. The van der Waals surface area contributed by atoms with E-state index in [1.807, 2.05) is 13.0 Å². The first-order chi connectivity index (χ1) is 18.8. The minimum absolute atomic E-state index is 0.0444. The summed E-state index contributed by atoms with van der Waals surface area (Å²) in [6.07, 6.45) is 4.40. The third kappa shape index (κ3) is 8.08. The number of non-ortho nitro benzene ring substituents is 1. The van der Waals surface area contributed by atoms with Crippen molar-refractivity contribution in [3.63, 3.8) is 0 Å². The molecule has 0 N–H and O–H groups in total. The lowest BCUT2D eigenvalue weighted by molar-refractivity contribution is -0.384. The minimum atomic E-state index is -0.491. The molecule has 10 heteroatoms. The van der Waals surface area contributed by atoms with Crippen LogP contribution < -0.4 is 0 Å². The number of nitro benzene ring substituents is 1. The molecule has 1 aliphatic heterocycles. The number of amides is 2. The zero-order chi connectivity index (χ0) is 27.8. The standard InChI is InChI=1S/C29H30FN3O6/c1-21-4-14-27(39-21)19-31(17-23-5-10-24(30)11-6-23)29(35)20-32(18-26-3-2-16-38-26)28(34)15-9-22-7-12-25(13-8-22)33(36)37/h4-15,26H,2-3,16-20H2,1H3/b15-9+. The molecule has 0 radical (unpaired) electrons. The van der Waals surface area contributed by atoms with E-state index in [1.54, 1.807) is 41.3 Å². The number of benzene rings is 2. The smallest absolute Gasteiger partial charge is 0.269 e. The molecular weight excluding hydrogens is 505 g/mol. The average molecular weight is 536 g/mol. The normalized spacial score (nSPS) is 15.0. The van der Waals surface area contributed by atoms with Crippen molar-refractivity contribution < 1.29 is 28.1 Å². The second-order valence-electron chi connectivity index (χ2n) is 9.42. The first-order valence-electron chi connectivity index (χ1n) is 12.7. The zero-order valence-electron chi connectivity index (χ0n) is 21.6. The van der Waals surface area contributed by atoms with Crippen LogP contribution in [0.4, 0.5) is 10.1 Å². The lowest BCUT2D eigenvalue weighted by atomic mass is 10.1. The van der Waals surface area contributed by atoms with E-state index in [0.29, 0.717) is 23.7 Å². The van der Waals surface area contributed by atoms with Crippen LogP contribution in [0.2, 0.25) is 0 Å². The van der Waals surface area contributed by atoms with Crippen molar-refractivity contribution in [3.8, 4) is 0 Å². The molecule has 0 aliphatic carbocycles. The highest BCUT2D eigenvalue weighted by Crippen LogP contribution is 2.18. The summed E-state index contributed by atoms with van der Waals surface area (Å²) in [5, 5.41) is 10.9. The second-order valence-corrected chi connectivity index (χ2v) is 9.42. The number of hydrogen-bond acceptors (Lipinski definition) is 6. The molecule has 3 aromatic rings. The monoisotopic (exact) mass is 535 g/mol. The molecule has 0 bridgehead atoms. The van der Waals surface area contributed by atoms with Crippen molar-refractivity contribution in [2.45, 2.75) is 39.0 Å². The number of halogens is 1. The minimum Gasteiger partial charge on any atom is -0.464 e. The molecule has 1 saturated heterocycles. The Labute approximate surface area is 225 Å². The molecule has 0 saturated carbocycles. The van der Waals surface area contributed by atoms with Crippen molar-refractivity contribution in [1.29, 1.82) is 0 Å². The lowest BCUT2D eigenvalue weighted by Gasteiger charge is -2.28. The van der Waals surface area contributed by atoms with Crippen LogP contribution in [0.3, 0.4) is 0 Å².